The van der Waals surface area contributed by atoms with Crippen molar-refractivity contribution in [2.24, 2.45) is 0 Å². The fraction of sp³-hybridized carbons (Fsp3) is 0.556. The van der Waals surface area contributed by atoms with Gasteiger partial charge in [-0.3, -0.25) is 4.79 Å². The minimum Gasteiger partial charge on any atom is -0.336 e. The van der Waals surface area contributed by atoms with Gasteiger partial charge >= 0.3 is 6.18 Å². The van der Waals surface area contributed by atoms with Crippen molar-refractivity contribution in [1.29, 1.82) is 0 Å². The topological polar surface area (TPSA) is 38.1 Å². The van der Waals surface area contributed by atoms with E-state index in [1.807, 2.05) is 27.7 Å². The van der Waals surface area contributed by atoms with Gasteiger partial charge in [-0.15, -0.1) is 0 Å². The molecule has 1 aromatic carbocycles. The van der Waals surface area contributed by atoms with Gasteiger partial charge in [0.15, 0.2) is 0 Å². The molecule has 1 aromatic heterocycles. The van der Waals surface area contributed by atoms with Crippen LogP contribution >= 0.6 is 0 Å². The first kappa shape index (κ1) is 19.3. The number of carbonyl (C=O) groups is 1. The Labute approximate surface area is 145 Å². The van der Waals surface area contributed by atoms with Crippen molar-refractivity contribution in [3.63, 3.8) is 0 Å². The summed E-state index contributed by atoms with van der Waals surface area (Å²) in [6.45, 7) is 7.38. The Morgan fingerprint density at radius 1 is 1.16 bits per heavy atom. The lowest BCUT2D eigenvalue weighted by atomic mass is 10.1. The van der Waals surface area contributed by atoms with E-state index in [4.69, 9.17) is 0 Å². The molecule has 0 spiro atoms. The number of aromatic nitrogens is 2. The molecule has 0 aliphatic heterocycles. The largest absolute Gasteiger partial charge is 0.449 e. The average molecular weight is 355 g/mol. The summed E-state index contributed by atoms with van der Waals surface area (Å²) in [6.07, 6.45) is -3.13. The van der Waals surface area contributed by atoms with Crippen LogP contribution in [-0.4, -0.2) is 32.4 Å². The first-order valence-corrected chi connectivity index (χ1v) is 8.54. The summed E-state index contributed by atoms with van der Waals surface area (Å²) in [5.41, 5.74) is 0.553. The number of benzene rings is 1. The Hall–Kier alpha value is -2.05. The second kappa shape index (κ2) is 7.45. The molecule has 0 aliphatic rings. The number of para-hydroxylation sites is 2. The minimum atomic E-state index is -4.61. The van der Waals surface area contributed by atoms with E-state index >= 15 is 0 Å². The van der Waals surface area contributed by atoms with Crippen molar-refractivity contribution >= 4 is 16.9 Å². The fourth-order valence-corrected chi connectivity index (χ4v) is 2.99. The van der Waals surface area contributed by atoms with Crippen LogP contribution in [0.5, 0.6) is 0 Å². The molecule has 0 saturated heterocycles. The molecule has 0 aliphatic carbocycles. The number of alkyl halides is 3. The molecule has 4 nitrogen and oxygen atoms in total. The van der Waals surface area contributed by atoms with Gasteiger partial charge < -0.3 is 9.47 Å². The lowest BCUT2D eigenvalue weighted by molar-refractivity contribution is -0.148. The van der Waals surface area contributed by atoms with Gasteiger partial charge in [0.2, 0.25) is 11.7 Å². The van der Waals surface area contributed by atoms with Crippen molar-refractivity contribution < 1.29 is 18.0 Å². The second-order valence-corrected chi connectivity index (χ2v) is 6.32. The molecule has 1 heterocycles. The molecule has 2 atom stereocenters. The van der Waals surface area contributed by atoms with Crippen molar-refractivity contribution in [2.75, 3.05) is 0 Å². The lowest BCUT2D eigenvalue weighted by Crippen LogP contribution is -2.46. The van der Waals surface area contributed by atoms with Gasteiger partial charge in [0.25, 0.3) is 0 Å². The summed E-state index contributed by atoms with van der Waals surface area (Å²) < 4.78 is 41.1. The smallest absolute Gasteiger partial charge is 0.336 e. The van der Waals surface area contributed by atoms with Crippen molar-refractivity contribution in [2.45, 2.75) is 65.3 Å². The Balaban J connectivity index is 2.46. The quantitative estimate of drug-likeness (QED) is 0.766. The van der Waals surface area contributed by atoms with E-state index in [0.717, 1.165) is 17.4 Å². The maximum atomic E-state index is 13.4. The molecule has 2 unspecified atom stereocenters. The van der Waals surface area contributed by atoms with Crippen LogP contribution in [0.4, 0.5) is 13.2 Å². The predicted octanol–water partition coefficient (Wildman–Crippen LogP) is 4.48. The number of hydrogen-bond donors (Lipinski definition) is 0. The highest BCUT2D eigenvalue weighted by Crippen LogP contribution is 2.31. The molecular formula is C18H24F3N3O. The van der Waals surface area contributed by atoms with E-state index in [2.05, 4.69) is 4.98 Å². The molecule has 0 bridgehead atoms. The monoisotopic (exact) mass is 355 g/mol. The molecule has 0 N–H and O–H groups in total. The Morgan fingerprint density at radius 2 is 1.72 bits per heavy atom. The van der Waals surface area contributed by atoms with Gasteiger partial charge in [-0.05, 0) is 38.8 Å². The summed E-state index contributed by atoms with van der Waals surface area (Å²) in [7, 11) is 0. The number of amides is 1. The summed E-state index contributed by atoms with van der Waals surface area (Å²) in [5, 5.41) is 0. The maximum Gasteiger partial charge on any atom is 0.449 e. The Kier molecular flexibility index (Phi) is 5.75. The van der Waals surface area contributed by atoms with Gasteiger partial charge in [-0.25, -0.2) is 4.98 Å². The molecular weight excluding hydrogens is 331 g/mol. The van der Waals surface area contributed by atoms with Gasteiger partial charge in [-0.2, -0.15) is 13.2 Å². The maximum absolute atomic E-state index is 13.4. The third-order valence-corrected chi connectivity index (χ3v) is 4.62. The standard InChI is InChI=1S/C18H24F3N3O/c1-5-12(3)24(13(4)6-2)16(25)11-23-15-10-8-7-9-14(15)22-17(23)18(19,20)21/h7-10,12-13H,5-6,11H2,1-4H3. The molecule has 0 radical (unpaired) electrons. The Morgan fingerprint density at radius 3 is 2.24 bits per heavy atom. The molecule has 25 heavy (non-hydrogen) atoms. The van der Waals surface area contributed by atoms with Crippen LogP contribution in [0.3, 0.4) is 0 Å². The third-order valence-electron chi connectivity index (χ3n) is 4.62. The number of nitrogens with zero attached hydrogens (tertiary/aromatic N) is 3. The van der Waals surface area contributed by atoms with Crippen molar-refractivity contribution in [3.8, 4) is 0 Å². The van der Waals surface area contributed by atoms with Gasteiger partial charge in [0.05, 0.1) is 11.0 Å². The summed E-state index contributed by atoms with van der Waals surface area (Å²) in [5.74, 6) is -1.35. The zero-order chi connectivity index (χ0) is 18.8. The molecule has 7 heteroatoms. The molecule has 0 saturated carbocycles. The van der Waals surface area contributed by atoms with Gasteiger partial charge in [-0.1, -0.05) is 26.0 Å². The molecule has 0 fully saturated rings. The number of halogens is 3. The van der Waals surface area contributed by atoms with Crippen LogP contribution in [0.15, 0.2) is 24.3 Å². The van der Waals surface area contributed by atoms with Crippen LogP contribution in [0.1, 0.15) is 46.4 Å². The highest BCUT2D eigenvalue weighted by molar-refractivity contribution is 5.81. The van der Waals surface area contributed by atoms with Crippen LogP contribution < -0.4 is 0 Å². The van der Waals surface area contributed by atoms with Crippen LogP contribution in [-0.2, 0) is 17.5 Å². The molecule has 2 aromatic rings. The van der Waals surface area contributed by atoms with Gasteiger partial charge in [0, 0.05) is 12.1 Å². The summed E-state index contributed by atoms with van der Waals surface area (Å²) in [6, 6.07) is 6.28. The fourth-order valence-electron chi connectivity index (χ4n) is 2.99. The molecule has 1 amide bonds. The van der Waals surface area contributed by atoms with E-state index in [-0.39, 0.29) is 30.1 Å². The summed E-state index contributed by atoms with van der Waals surface area (Å²) >= 11 is 0. The SMILES string of the molecule is CCC(C)N(C(=O)Cn1c(C(F)(F)F)nc2ccccc21)C(C)CC. The number of carbonyl (C=O) groups excluding carboxylic acids is 1. The highest BCUT2D eigenvalue weighted by atomic mass is 19.4. The van der Waals surface area contributed by atoms with E-state index in [1.165, 1.54) is 6.07 Å². The first-order valence-electron chi connectivity index (χ1n) is 8.54. The van der Waals surface area contributed by atoms with E-state index in [0.29, 0.717) is 5.52 Å². The minimum absolute atomic E-state index is 0.0356. The highest BCUT2D eigenvalue weighted by Gasteiger charge is 2.38. The normalized spacial score (nSPS) is 14.5. The average Bonchev–Trinajstić information content (AvgIpc) is 2.93. The molecule has 2 rings (SSSR count). The van der Waals surface area contributed by atoms with E-state index in [9.17, 15) is 18.0 Å². The number of fused-ring (bicyclic) bond motifs is 1. The predicted molar refractivity (Wildman–Crippen MR) is 91.1 cm³/mol. The first-order chi connectivity index (χ1) is 11.7. The van der Waals surface area contributed by atoms with E-state index < -0.39 is 12.0 Å². The zero-order valence-electron chi connectivity index (χ0n) is 15.0. The van der Waals surface area contributed by atoms with Crippen molar-refractivity contribution in [1.82, 2.24) is 14.5 Å². The third kappa shape index (κ3) is 3.96. The van der Waals surface area contributed by atoms with E-state index in [1.54, 1.807) is 23.1 Å². The van der Waals surface area contributed by atoms with Crippen LogP contribution in [0, 0.1) is 0 Å². The molecule has 138 valence electrons. The van der Waals surface area contributed by atoms with Crippen LogP contribution in [0.2, 0.25) is 0 Å². The zero-order valence-corrected chi connectivity index (χ0v) is 15.0. The summed E-state index contributed by atoms with van der Waals surface area (Å²) in [4.78, 5) is 18.2. The van der Waals surface area contributed by atoms with Gasteiger partial charge in [0.1, 0.15) is 6.54 Å². The van der Waals surface area contributed by atoms with Crippen molar-refractivity contribution in [3.05, 3.63) is 30.1 Å². The lowest BCUT2D eigenvalue weighted by Gasteiger charge is -2.34. The second-order valence-electron chi connectivity index (χ2n) is 6.32. The van der Waals surface area contributed by atoms with Crippen LogP contribution in [0.25, 0.3) is 11.0 Å². The number of hydrogen-bond acceptors (Lipinski definition) is 2. The number of imidazole rings is 1. The Bertz CT molecular complexity index is 729. The number of rotatable bonds is 6.